The zero-order chi connectivity index (χ0) is 21.4. The summed E-state index contributed by atoms with van der Waals surface area (Å²) < 4.78 is 0. The lowest BCUT2D eigenvalue weighted by atomic mass is 9.75. The normalized spacial score (nSPS) is 17.5. The van der Waals surface area contributed by atoms with E-state index in [0.717, 1.165) is 29.2 Å². The molecule has 0 heterocycles. The van der Waals surface area contributed by atoms with Crippen molar-refractivity contribution in [3.05, 3.63) is 76.5 Å². The summed E-state index contributed by atoms with van der Waals surface area (Å²) in [6, 6.07) is 6.67. The monoisotopic (exact) mass is 390 g/mol. The Labute approximate surface area is 178 Å². The molecule has 2 heteroatoms. The molecule has 0 spiro atoms. The van der Waals surface area contributed by atoms with Crippen LogP contribution < -0.4 is 5.73 Å². The Morgan fingerprint density at radius 1 is 1.31 bits per heavy atom. The van der Waals surface area contributed by atoms with E-state index in [-0.39, 0.29) is 0 Å². The Hall–Kier alpha value is -2.19. The summed E-state index contributed by atoms with van der Waals surface area (Å²) in [6.45, 7) is 15.7. The Kier molecular flexibility index (Phi) is 8.85. The summed E-state index contributed by atoms with van der Waals surface area (Å²) >= 11 is 0. The molecule has 1 aliphatic rings. The number of nitrogens with two attached hydrogens (primary N) is 1. The second-order valence-corrected chi connectivity index (χ2v) is 8.25. The molecule has 29 heavy (non-hydrogen) atoms. The van der Waals surface area contributed by atoms with Gasteiger partial charge in [-0.3, -0.25) is 4.99 Å². The predicted molar refractivity (Wildman–Crippen MR) is 129 cm³/mol. The van der Waals surface area contributed by atoms with E-state index in [0.29, 0.717) is 12.5 Å². The quantitative estimate of drug-likeness (QED) is 0.359. The maximum atomic E-state index is 5.81. The van der Waals surface area contributed by atoms with Crippen LogP contribution in [-0.2, 0) is 0 Å². The van der Waals surface area contributed by atoms with E-state index in [4.69, 9.17) is 10.7 Å². The Morgan fingerprint density at radius 2 is 2.03 bits per heavy atom. The summed E-state index contributed by atoms with van der Waals surface area (Å²) in [5.74, 6) is 1.30. The number of nitrogens with zero attached hydrogens (tertiary/aromatic N) is 1. The molecule has 2 N–H and O–H groups in total. The van der Waals surface area contributed by atoms with E-state index in [9.17, 15) is 0 Å². The van der Waals surface area contributed by atoms with Crippen molar-refractivity contribution in [3.8, 4) is 0 Å². The van der Waals surface area contributed by atoms with Gasteiger partial charge in [0.05, 0.1) is 5.70 Å². The van der Waals surface area contributed by atoms with Gasteiger partial charge in [-0.25, -0.2) is 0 Å². The molecule has 1 atom stereocenters. The van der Waals surface area contributed by atoms with Crippen molar-refractivity contribution < 1.29 is 0 Å². The highest BCUT2D eigenvalue weighted by atomic mass is 14.7. The molecule has 1 aliphatic carbocycles. The molecule has 156 valence electrons. The molecule has 1 aromatic carbocycles. The lowest BCUT2D eigenvalue weighted by molar-refractivity contribution is 0.255. The molecular formula is C27H38N2. The average Bonchev–Trinajstić information content (AvgIpc) is 2.66. The van der Waals surface area contributed by atoms with Gasteiger partial charge in [0.1, 0.15) is 0 Å². The molecule has 0 saturated heterocycles. The number of hydrogen-bond acceptors (Lipinski definition) is 2. The van der Waals surface area contributed by atoms with Crippen molar-refractivity contribution in [3.63, 3.8) is 0 Å². The first-order valence-electron chi connectivity index (χ1n) is 11.0. The molecule has 1 saturated carbocycles. The zero-order valence-electron chi connectivity index (χ0n) is 19.0. The van der Waals surface area contributed by atoms with Crippen LogP contribution in [0.5, 0.6) is 0 Å². The number of aliphatic imine (C=N–C) groups is 1. The van der Waals surface area contributed by atoms with Gasteiger partial charge in [-0.2, -0.15) is 0 Å². The van der Waals surface area contributed by atoms with Gasteiger partial charge in [0.15, 0.2) is 0 Å². The molecule has 1 aromatic rings. The van der Waals surface area contributed by atoms with E-state index in [1.54, 1.807) is 0 Å². The van der Waals surface area contributed by atoms with Crippen LogP contribution in [0.1, 0.15) is 63.1 Å². The minimum Gasteiger partial charge on any atom is -0.326 e. The third kappa shape index (κ3) is 6.14. The summed E-state index contributed by atoms with van der Waals surface area (Å²) in [4.78, 5) is 4.73. The highest BCUT2D eigenvalue weighted by Crippen LogP contribution is 2.38. The molecule has 0 aromatic heterocycles. The fourth-order valence-corrected chi connectivity index (χ4v) is 3.78. The van der Waals surface area contributed by atoms with Crippen LogP contribution in [0.15, 0.2) is 64.8 Å². The fraction of sp³-hybridized carbons (Fsp3) is 0.444. The minimum atomic E-state index is 0.486. The lowest BCUT2D eigenvalue weighted by Crippen LogP contribution is -2.18. The number of benzene rings is 1. The molecule has 0 aliphatic heterocycles. The van der Waals surface area contributed by atoms with Gasteiger partial charge < -0.3 is 5.73 Å². The summed E-state index contributed by atoms with van der Waals surface area (Å²) in [5, 5.41) is 0. The van der Waals surface area contributed by atoms with Crippen molar-refractivity contribution >= 4 is 11.8 Å². The summed E-state index contributed by atoms with van der Waals surface area (Å²) in [7, 11) is 0. The predicted octanol–water partition coefficient (Wildman–Crippen LogP) is 6.95. The van der Waals surface area contributed by atoms with E-state index < -0.39 is 0 Å². The third-order valence-electron chi connectivity index (χ3n) is 6.01. The van der Waals surface area contributed by atoms with Crippen LogP contribution in [0.3, 0.4) is 0 Å². The molecule has 0 bridgehead atoms. The molecular weight excluding hydrogens is 352 g/mol. The highest BCUT2D eigenvalue weighted by Gasteiger charge is 2.24. The van der Waals surface area contributed by atoms with Crippen LogP contribution in [0.4, 0.5) is 0 Å². The molecule has 0 amide bonds. The first kappa shape index (κ1) is 23.1. The zero-order valence-corrected chi connectivity index (χ0v) is 19.0. The van der Waals surface area contributed by atoms with Crippen LogP contribution in [0, 0.1) is 25.7 Å². The molecule has 0 radical (unpaired) electrons. The second kappa shape index (κ2) is 11.1. The third-order valence-corrected chi connectivity index (χ3v) is 6.01. The first-order valence-corrected chi connectivity index (χ1v) is 11.0. The van der Waals surface area contributed by atoms with Crippen molar-refractivity contribution in [1.82, 2.24) is 0 Å². The van der Waals surface area contributed by atoms with E-state index in [2.05, 4.69) is 64.6 Å². The number of rotatable bonds is 9. The number of allylic oxidation sites excluding steroid dienone is 4. The standard InChI is InChI=1S/C27H38N2/c1-7-10-25(26-15-19(3)13-14-20(26)4)27(16-21(5)24-11-9-12-24)22(6)29-18-23(8-2)17-28/h8,10,13-16,18,21,24H,6-7,9,11-12,17,28H2,1-5H3/b23-8-,25-10-,27-16+,29-18?. The summed E-state index contributed by atoms with van der Waals surface area (Å²) in [5.41, 5.74) is 13.9. The topological polar surface area (TPSA) is 38.4 Å². The van der Waals surface area contributed by atoms with Gasteiger partial charge in [-0.15, -0.1) is 0 Å². The summed E-state index contributed by atoms with van der Waals surface area (Å²) in [6.07, 6.45) is 13.6. The van der Waals surface area contributed by atoms with Gasteiger partial charge >= 0.3 is 0 Å². The lowest BCUT2D eigenvalue weighted by Gasteiger charge is -2.30. The second-order valence-electron chi connectivity index (χ2n) is 8.25. The van der Waals surface area contributed by atoms with Crippen LogP contribution >= 0.6 is 0 Å². The van der Waals surface area contributed by atoms with E-state index in [1.807, 2.05) is 19.2 Å². The smallest absolute Gasteiger partial charge is 0.0633 e. The van der Waals surface area contributed by atoms with Crippen molar-refractivity contribution in [2.24, 2.45) is 22.6 Å². The van der Waals surface area contributed by atoms with E-state index in [1.165, 1.54) is 41.5 Å². The Morgan fingerprint density at radius 3 is 2.59 bits per heavy atom. The van der Waals surface area contributed by atoms with Gasteiger partial charge in [0, 0.05) is 18.3 Å². The minimum absolute atomic E-state index is 0.486. The maximum absolute atomic E-state index is 5.81. The van der Waals surface area contributed by atoms with Crippen LogP contribution in [0.25, 0.3) is 5.57 Å². The molecule has 2 rings (SSSR count). The first-order chi connectivity index (χ1) is 13.9. The SMILES string of the molecule is C=C(N=C/C(=C\C)CN)C(=C\C(C)C1CCC1)/C(=C\CC)c1cc(C)ccc1C. The average molecular weight is 391 g/mol. The van der Waals surface area contributed by atoms with Gasteiger partial charge in [-0.05, 0) is 74.1 Å². The largest absolute Gasteiger partial charge is 0.326 e. The van der Waals surface area contributed by atoms with Crippen LogP contribution in [0.2, 0.25) is 0 Å². The highest BCUT2D eigenvalue weighted by molar-refractivity contribution is 5.87. The van der Waals surface area contributed by atoms with Gasteiger partial charge in [-0.1, -0.05) is 68.8 Å². The number of hydrogen-bond donors (Lipinski definition) is 1. The van der Waals surface area contributed by atoms with Crippen molar-refractivity contribution in [1.29, 1.82) is 0 Å². The van der Waals surface area contributed by atoms with E-state index >= 15 is 0 Å². The molecule has 1 unspecified atom stereocenters. The number of aryl methyl sites for hydroxylation is 2. The molecule has 1 fully saturated rings. The van der Waals surface area contributed by atoms with Crippen molar-refractivity contribution in [2.75, 3.05) is 6.54 Å². The van der Waals surface area contributed by atoms with Gasteiger partial charge in [0.25, 0.3) is 0 Å². The Balaban J connectivity index is 2.53. The fourth-order valence-electron chi connectivity index (χ4n) is 3.78. The molecule has 2 nitrogen and oxygen atoms in total. The Bertz CT molecular complexity index is 832. The van der Waals surface area contributed by atoms with Crippen LogP contribution in [-0.4, -0.2) is 12.8 Å². The maximum Gasteiger partial charge on any atom is 0.0633 e. The van der Waals surface area contributed by atoms with Crippen molar-refractivity contribution in [2.45, 2.75) is 60.3 Å². The van der Waals surface area contributed by atoms with Gasteiger partial charge in [0.2, 0.25) is 0 Å².